The Kier molecular flexibility index (Phi) is 6.97. The molecule has 0 spiro atoms. The Balaban J connectivity index is 2.24. The van der Waals surface area contributed by atoms with Gasteiger partial charge in [0.1, 0.15) is 0 Å². The predicted molar refractivity (Wildman–Crippen MR) is 109 cm³/mol. The third-order valence-electron chi connectivity index (χ3n) is 4.49. The maximum Gasteiger partial charge on any atom is 0.311 e. The van der Waals surface area contributed by atoms with Crippen LogP contribution in [0.15, 0.2) is 54.0 Å². The second-order valence-electron chi connectivity index (χ2n) is 7.91. The molecule has 1 heterocycles. The summed E-state index contributed by atoms with van der Waals surface area (Å²) in [6, 6.07) is 4.36. The van der Waals surface area contributed by atoms with Gasteiger partial charge in [-0.3, -0.25) is 14.9 Å². The van der Waals surface area contributed by atoms with E-state index in [1.807, 2.05) is 6.08 Å². The second-order valence-corrected chi connectivity index (χ2v) is 9.80. The van der Waals surface area contributed by atoms with E-state index < -0.39 is 26.4 Å². The van der Waals surface area contributed by atoms with E-state index in [4.69, 9.17) is 4.74 Å². The molecular weight excluding hydrogens is 396 g/mol. The van der Waals surface area contributed by atoms with Gasteiger partial charge < -0.3 is 4.74 Å². The lowest BCUT2D eigenvalue weighted by atomic mass is 9.97. The predicted octanol–water partition coefficient (Wildman–Crippen LogP) is 3.31. The second kappa shape index (κ2) is 8.87. The van der Waals surface area contributed by atoms with Crippen LogP contribution in [-0.4, -0.2) is 42.8 Å². The minimum absolute atomic E-state index is 0.0297. The summed E-state index contributed by atoms with van der Waals surface area (Å²) in [6.45, 7) is 9.12. The highest BCUT2D eigenvalue weighted by Crippen LogP contribution is 2.28. The lowest BCUT2D eigenvalue weighted by molar-refractivity contribution is -0.384. The third kappa shape index (κ3) is 5.51. The average molecular weight is 423 g/mol. The van der Waals surface area contributed by atoms with Gasteiger partial charge >= 0.3 is 5.97 Å². The fraction of sp³-hybridized carbons (Fsp3) is 0.450. The quantitative estimate of drug-likeness (QED) is 0.289. The van der Waals surface area contributed by atoms with Gasteiger partial charge in [-0.25, -0.2) is 8.42 Å². The van der Waals surface area contributed by atoms with Crippen LogP contribution in [0.2, 0.25) is 0 Å². The highest BCUT2D eigenvalue weighted by molar-refractivity contribution is 7.89. The molecule has 0 saturated heterocycles. The number of benzene rings is 1. The fourth-order valence-electron chi connectivity index (χ4n) is 2.83. The number of nitro benzene ring substituents is 1. The van der Waals surface area contributed by atoms with Crippen LogP contribution < -0.4 is 0 Å². The van der Waals surface area contributed by atoms with Crippen LogP contribution in [0.5, 0.6) is 0 Å². The van der Waals surface area contributed by atoms with E-state index in [-0.39, 0.29) is 35.6 Å². The standard InChI is InChI=1S/C20H26N2O6S/c1-5-6-16-8-7-15(14-28-19(23)20(2,3)4)13-21(16)29(26,27)18-11-9-17(10-12-18)22(24)25/h5,7-12,15-16H,1,6,13-14H2,2-4H3/t15-,16-/m1/s1. The molecule has 9 heteroatoms. The molecule has 0 fully saturated rings. The van der Waals surface area contributed by atoms with Crippen molar-refractivity contribution in [2.75, 3.05) is 13.2 Å². The minimum atomic E-state index is -3.90. The van der Waals surface area contributed by atoms with E-state index in [2.05, 4.69) is 6.58 Å². The van der Waals surface area contributed by atoms with Crippen LogP contribution in [0.25, 0.3) is 0 Å². The molecule has 1 aromatic rings. The van der Waals surface area contributed by atoms with Crippen molar-refractivity contribution in [2.24, 2.45) is 11.3 Å². The molecule has 8 nitrogen and oxygen atoms in total. The van der Waals surface area contributed by atoms with Crippen molar-refractivity contribution >= 4 is 21.7 Å². The zero-order valence-corrected chi connectivity index (χ0v) is 17.6. The van der Waals surface area contributed by atoms with Crippen molar-refractivity contribution in [2.45, 2.75) is 38.1 Å². The summed E-state index contributed by atoms with van der Waals surface area (Å²) >= 11 is 0. The number of non-ortho nitro benzene ring substituents is 1. The molecule has 0 amide bonds. The molecule has 2 atom stereocenters. The Bertz CT molecular complexity index is 900. The Labute approximate surface area is 171 Å². The molecule has 0 aliphatic carbocycles. The van der Waals surface area contributed by atoms with Crippen LogP contribution >= 0.6 is 0 Å². The summed E-state index contributed by atoms with van der Waals surface area (Å²) in [5.74, 6) is -0.654. The lowest BCUT2D eigenvalue weighted by Gasteiger charge is -2.34. The van der Waals surface area contributed by atoms with Gasteiger partial charge in [0.05, 0.1) is 21.8 Å². The van der Waals surface area contributed by atoms with Crippen LogP contribution in [0.3, 0.4) is 0 Å². The summed E-state index contributed by atoms with van der Waals surface area (Å²) in [5.41, 5.74) is -0.828. The molecule has 1 aliphatic heterocycles. The van der Waals surface area contributed by atoms with Crippen molar-refractivity contribution in [1.82, 2.24) is 4.31 Å². The first kappa shape index (κ1) is 22.8. The molecule has 0 unspecified atom stereocenters. The Morgan fingerprint density at radius 1 is 1.31 bits per heavy atom. The molecule has 0 bridgehead atoms. The molecule has 2 rings (SSSR count). The molecule has 1 aliphatic rings. The van der Waals surface area contributed by atoms with Gasteiger partial charge in [0, 0.05) is 30.6 Å². The molecular formula is C20H26N2O6S. The van der Waals surface area contributed by atoms with E-state index in [0.717, 1.165) is 12.1 Å². The van der Waals surface area contributed by atoms with E-state index in [0.29, 0.717) is 6.42 Å². The third-order valence-corrected chi connectivity index (χ3v) is 6.40. The molecule has 0 aromatic heterocycles. The number of rotatable bonds is 7. The maximum atomic E-state index is 13.2. The van der Waals surface area contributed by atoms with Crippen LogP contribution in [0, 0.1) is 21.4 Å². The summed E-state index contributed by atoms with van der Waals surface area (Å²) in [6.07, 6.45) is 5.67. The molecule has 1 aromatic carbocycles. The van der Waals surface area contributed by atoms with Gasteiger partial charge in [-0.15, -0.1) is 6.58 Å². The highest BCUT2D eigenvalue weighted by atomic mass is 32.2. The Morgan fingerprint density at radius 3 is 2.45 bits per heavy atom. The van der Waals surface area contributed by atoms with Crippen molar-refractivity contribution in [1.29, 1.82) is 0 Å². The molecule has 0 saturated carbocycles. The number of sulfonamides is 1. The maximum absolute atomic E-state index is 13.2. The van der Waals surface area contributed by atoms with Gasteiger partial charge in [-0.05, 0) is 39.3 Å². The minimum Gasteiger partial charge on any atom is -0.465 e. The van der Waals surface area contributed by atoms with Crippen LogP contribution in [-0.2, 0) is 19.6 Å². The SMILES string of the molecule is C=CC[C@@H]1C=C[C@@H](COC(=O)C(C)(C)C)CN1S(=O)(=O)c1ccc([N+](=O)[O-])cc1. The highest BCUT2D eigenvalue weighted by Gasteiger charge is 2.35. The van der Waals surface area contributed by atoms with E-state index >= 15 is 0 Å². The fourth-order valence-corrected chi connectivity index (χ4v) is 4.49. The first-order valence-electron chi connectivity index (χ1n) is 9.19. The Morgan fingerprint density at radius 2 is 1.93 bits per heavy atom. The number of carbonyl (C=O) groups is 1. The number of carbonyl (C=O) groups excluding carboxylic acids is 1. The van der Waals surface area contributed by atoms with E-state index in [9.17, 15) is 23.3 Å². The summed E-state index contributed by atoms with van der Waals surface area (Å²) < 4.78 is 33.0. The van der Waals surface area contributed by atoms with Gasteiger partial charge in [0.25, 0.3) is 5.69 Å². The van der Waals surface area contributed by atoms with Gasteiger partial charge in [0.15, 0.2) is 0 Å². The summed E-state index contributed by atoms with van der Waals surface area (Å²) in [5, 5.41) is 10.8. The first-order valence-corrected chi connectivity index (χ1v) is 10.6. The first-order chi connectivity index (χ1) is 13.5. The Hall–Kier alpha value is -2.52. The number of nitrogens with zero attached hydrogens (tertiary/aromatic N) is 2. The smallest absolute Gasteiger partial charge is 0.311 e. The summed E-state index contributed by atoms with van der Waals surface area (Å²) in [4.78, 5) is 22.2. The van der Waals surface area contributed by atoms with E-state index in [1.54, 1.807) is 32.9 Å². The molecule has 158 valence electrons. The monoisotopic (exact) mass is 422 g/mol. The number of hydrogen-bond acceptors (Lipinski definition) is 6. The summed E-state index contributed by atoms with van der Waals surface area (Å²) in [7, 11) is -3.90. The van der Waals surface area contributed by atoms with Crippen LogP contribution in [0.1, 0.15) is 27.2 Å². The van der Waals surface area contributed by atoms with Crippen molar-refractivity contribution in [3.63, 3.8) is 0 Å². The lowest BCUT2D eigenvalue weighted by Crippen LogP contribution is -2.45. The topological polar surface area (TPSA) is 107 Å². The zero-order chi connectivity index (χ0) is 21.8. The van der Waals surface area contributed by atoms with Crippen molar-refractivity contribution in [3.05, 3.63) is 59.2 Å². The normalized spacial score (nSPS) is 20.2. The number of nitro groups is 1. The molecule has 0 radical (unpaired) electrons. The number of esters is 1. The molecule has 0 N–H and O–H groups in total. The van der Waals surface area contributed by atoms with Gasteiger partial charge in [0.2, 0.25) is 10.0 Å². The van der Waals surface area contributed by atoms with Gasteiger partial charge in [-0.2, -0.15) is 4.31 Å². The zero-order valence-electron chi connectivity index (χ0n) is 16.8. The van der Waals surface area contributed by atoms with Crippen molar-refractivity contribution < 1.29 is 22.9 Å². The van der Waals surface area contributed by atoms with Crippen molar-refractivity contribution in [3.8, 4) is 0 Å². The molecule has 29 heavy (non-hydrogen) atoms. The number of ether oxygens (including phenoxy) is 1. The number of hydrogen-bond donors (Lipinski definition) is 0. The average Bonchev–Trinajstić information content (AvgIpc) is 2.66. The van der Waals surface area contributed by atoms with Crippen LogP contribution in [0.4, 0.5) is 5.69 Å². The largest absolute Gasteiger partial charge is 0.465 e. The van der Waals surface area contributed by atoms with E-state index in [1.165, 1.54) is 16.4 Å². The van der Waals surface area contributed by atoms with Gasteiger partial charge in [-0.1, -0.05) is 18.2 Å².